The third-order valence-electron chi connectivity index (χ3n) is 2.33. The lowest BCUT2D eigenvalue weighted by Crippen LogP contribution is -2.14. The molecule has 0 aliphatic carbocycles. The highest BCUT2D eigenvalue weighted by Gasteiger charge is 2.19. The first-order chi connectivity index (χ1) is 7.90. The lowest BCUT2D eigenvalue weighted by Gasteiger charge is -2.08. The lowest BCUT2D eigenvalue weighted by molar-refractivity contribution is -0.139. The van der Waals surface area contributed by atoms with Gasteiger partial charge >= 0.3 is 5.97 Å². The summed E-state index contributed by atoms with van der Waals surface area (Å²) in [4.78, 5) is 15.4. The first kappa shape index (κ1) is 13.6. The van der Waals surface area contributed by atoms with E-state index in [4.69, 9.17) is 0 Å². The van der Waals surface area contributed by atoms with E-state index in [1.165, 1.54) is 13.2 Å². The summed E-state index contributed by atoms with van der Waals surface area (Å²) < 4.78 is 28.1. The third-order valence-corrected chi connectivity index (χ3v) is 4.13. The zero-order valence-corrected chi connectivity index (χ0v) is 10.9. The van der Waals surface area contributed by atoms with Crippen molar-refractivity contribution in [3.63, 3.8) is 0 Å². The van der Waals surface area contributed by atoms with Crippen LogP contribution in [0.4, 0.5) is 0 Å². The minimum Gasteiger partial charge on any atom is -0.469 e. The van der Waals surface area contributed by atoms with Gasteiger partial charge in [-0.3, -0.25) is 9.78 Å². The van der Waals surface area contributed by atoms with Gasteiger partial charge in [0.1, 0.15) is 0 Å². The molecule has 0 N–H and O–H groups in total. The van der Waals surface area contributed by atoms with E-state index >= 15 is 0 Å². The Morgan fingerprint density at radius 2 is 2.06 bits per heavy atom. The van der Waals surface area contributed by atoms with Crippen LogP contribution in [-0.4, -0.2) is 32.2 Å². The van der Waals surface area contributed by atoms with Crippen molar-refractivity contribution in [1.82, 2.24) is 4.98 Å². The summed E-state index contributed by atoms with van der Waals surface area (Å²) in [5.74, 6) is -0.526. The van der Waals surface area contributed by atoms with Crippen molar-refractivity contribution in [2.45, 2.75) is 25.2 Å². The van der Waals surface area contributed by atoms with Crippen molar-refractivity contribution < 1.29 is 17.9 Å². The molecule has 0 unspecified atom stereocenters. The second-order valence-electron chi connectivity index (χ2n) is 3.55. The maximum Gasteiger partial charge on any atom is 0.311 e. The average molecular weight is 257 g/mol. The van der Waals surface area contributed by atoms with Crippen LogP contribution in [0.3, 0.4) is 0 Å². The largest absolute Gasteiger partial charge is 0.469 e. The molecule has 1 rings (SSSR count). The number of hydrogen-bond acceptors (Lipinski definition) is 5. The van der Waals surface area contributed by atoms with Crippen LogP contribution in [0.5, 0.6) is 0 Å². The van der Waals surface area contributed by atoms with Gasteiger partial charge in [-0.1, -0.05) is 6.92 Å². The molecule has 0 atom stereocenters. The van der Waals surface area contributed by atoms with Crippen LogP contribution in [0.15, 0.2) is 17.0 Å². The molecule has 0 aromatic carbocycles. The van der Waals surface area contributed by atoms with Gasteiger partial charge in [0.25, 0.3) is 0 Å². The van der Waals surface area contributed by atoms with Gasteiger partial charge in [-0.2, -0.15) is 0 Å². The van der Waals surface area contributed by atoms with E-state index in [-0.39, 0.29) is 22.8 Å². The molecule has 1 aromatic rings. The van der Waals surface area contributed by atoms with Crippen LogP contribution in [-0.2, 0) is 25.8 Å². The highest BCUT2D eigenvalue weighted by molar-refractivity contribution is 7.91. The summed E-state index contributed by atoms with van der Waals surface area (Å²) in [5.41, 5.74) is 0.914. The highest BCUT2D eigenvalue weighted by Crippen LogP contribution is 2.17. The van der Waals surface area contributed by atoms with Crippen LogP contribution in [0.1, 0.15) is 18.3 Å². The second-order valence-corrected chi connectivity index (χ2v) is 5.80. The van der Waals surface area contributed by atoms with E-state index in [2.05, 4.69) is 9.72 Å². The Hall–Kier alpha value is -1.43. The van der Waals surface area contributed by atoms with E-state index in [1.54, 1.807) is 19.9 Å². The van der Waals surface area contributed by atoms with Crippen LogP contribution >= 0.6 is 0 Å². The summed E-state index contributed by atoms with van der Waals surface area (Å²) in [6.07, 6.45) is -0.132. The standard InChI is InChI=1S/C11H15NO4S/c1-4-17(14,15)10-6-5-8(2)12-9(10)7-11(13)16-3/h5-6H,4,7H2,1-3H3. The fourth-order valence-corrected chi connectivity index (χ4v) is 2.44. The average Bonchev–Trinajstić information content (AvgIpc) is 2.28. The van der Waals surface area contributed by atoms with Crippen molar-refractivity contribution in [3.8, 4) is 0 Å². The van der Waals surface area contributed by atoms with Gasteiger partial charge in [-0.25, -0.2) is 8.42 Å². The molecule has 0 saturated carbocycles. The molecule has 94 valence electrons. The number of hydrogen-bond donors (Lipinski definition) is 0. The van der Waals surface area contributed by atoms with E-state index < -0.39 is 15.8 Å². The Morgan fingerprint density at radius 3 is 2.59 bits per heavy atom. The van der Waals surface area contributed by atoms with Gasteiger partial charge in [0.15, 0.2) is 9.84 Å². The molecule has 6 heteroatoms. The number of carbonyl (C=O) groups excluding carboxylic acids is 1. The summed E-state index contributed by atoms with van der Waals surface area (Å²) >= 11 is 0. The normalized spacial score (nSPS) is 11.2. The van der Waals surface area contributed by atoms with Gasteiger partial charge < -0.3 is 4.74 Å². The molecule has 0 aliphatic heterocycles. The Labute approximate surface area is 101 Å². The number of aromatic nitrogens is 1. The molecule has 0 radical (unpaired) electrons. The highest BCUT2D eigenvalue weighted by atomic mass is 32.2. The number of aryl methyl sites for hydroxylation is 1. The summed E-state index contributed by atoms with van der Waals surface area (Å²) in [6.45, 7) is 3.29. The Kier molecular flexibility index (Phi) is 4.22. The minimum absolute atomic E-state index is 0.0219. The molecule has 1 heterocycles. The molecule has 0 spiro atoms. The Bertz CT molecular complexity index is 522. The van der Waals surface area contributed by atoms with E-state index in [0.717, 1.165) is 0 Å². The first-order valence-electron chi connectivity index (χ1n) is 5.16. The van der Waals surface area contributed by atoms with Crippen molar-refractivity contribution in [2.24, 2.45) is 0 Å². The number of esters is 1. The number of pyridine rings is 1. The number of methoxy groups -OCH3 is 1. The van der Waals surface area contributed by atoms with E-state index in [9.17, 15) is 13.2 Å². The summed E-state index contributed by atoms with van der Waals surface area (Å²) in [5, 5.41) is 0. The Balaban J connectivity index is 3.27. The fraction of sp³-hybridized carbons (Fsp3) is 0.455. The molecule has 0 bridgehead atoms. The number of sulfone groups is 1. The van der Waals surface area contributed by atoms with E-state index in [1.807, 2.05) is 0 Å². The van der Waals surface area contributed by atoms with Crippen LogP contribution in [0, 0.1) is 6.92 Å². The SMILES string of the molecule is CCS(=O)(=O)c1ccc(C)nc1CC(=O)OC. The summed E-state index contributed by atoms with van der Waals surface area (Å²) in [6, 6.07) is 3.10. The van der Waals surface area contributed by atoms with Gasteiger partial charge in [-0.15, -0.1) is 0 Å². The fourth-order valence-electron chi connectivity index (χ4n) is 1.37. The van der Waals surface area contributed by atoms with Crippen molar-refractivity contribution >= 4 is 15.8 Å². The maximum absolute atomic E-state index is 11.8. The molecule has 1 aromatic heterocycles. The van der Waals surface area contributed by atoms with Crippen molar-refractivity contribution in [1.29, 1.82) is 0 Å². The predicted molar refractivity (Wildman–Crippen MR) is 62.4 cm³/mol. The summed E-state index contributed by atoms with van der Waals surface area (Å²) in [7, 11) is -2.11. The van der Waals surface area contributed by atoms with Gasteiger partial charge in [0.05, 0.1) is 29.9 Å². The molecular weight excluding hydrogens is 242 g/mol. The van der Waals surface area contributed by atoms with Gasteiger partial charge in [0.2, 0.25) is 0 Å². The number of ether oxygens (including phenoxy) is 1. The quantitative estimate of drug-likeness (QED) is 0.749. The van der Waals surface area contributed by atoms with Crippen molar-refractivity contribution in [3.05, 3.63) is 23.5 Å². The van der Waals surface area contributed by atoms with E-state index in [0.29, 0.717) is 5.69 Å². The monoisotopic (exact) mass is 257 g/mol. The second kappa shape index (κ2) is 5.27. The molecular formula is C11H15NO4S. The van der Waals surface area contributed by atoms with Crippen LogP contribution in [0.2, 0.25) is 0 Å². The third kappa shape index (κ3) is 3.26. The van der Waals surface area contributed by atoms with Crippen molar-refractivity contribution in [2.75, 3.05) is 12.9 Å². The lowest BCUT2D eigenvalue weighted by atomic mass is 10.2. The maximum atomic E-state index is 11.8. The molecule has 17 heavy (non-hydrogen) atoms. The van der Waals surface area contributed by atoms with Crippen LogP contribution in [0.25, 0.3) is 0 Å². The molecule has 0 amide bonds. The number of carbonyl (C=O) groups is 1. The first-order valence-corrected chi connectivity index (χ1v) is 6.82. The molecule has 0 aliphatic rings. The smallest absolute Gasteiger partial charge is 0.311 e. The molecule has 5 nitrogen and oxygen atoms in total. The Morgan fingerprint density at radius 1 is 1.41 bits per heavy atom. The topological polar surface area (TPSA) is 73.3 Å². The van der Waals surface area contributed by atoms with Gasteiger partial charge in [0, 0.05) is 5.69 Å². The zero-order chi connectivity index (χ0) is 13.1. The number of rotatable bonds is 4. The van der Waals surface area contributed by atoms with Crippen LogP contribution < -0.4 is 0 Å². The molecule has 0 fully saturated rings. The zero-order valence-electron chi connectivity index (χ0n) is 10.1. The minimum atomic E-state index is -3.37. The molecule has 0 saturated heterocycles. The predicted octanol–water partition coefficient (Wildman–Crippen LogP) is 0.899. The number of nitrogens with zero attached hydrogens (tertiary/aromatic N) is 1. The van der Waals surface area contributed by atoms with Gasteiger partial charge in [-0.05, 0) is 19.1 Å².